The third-order valence-electron chi connectivity index (χ3n) is 7.12. The first-order chi connectivity index (χ1) is 16.3. The van der Waals surface area contributed by atoms with Crippen molar-refractivity contribution in [1.29, 1.82) is 0 Å². The van der Waals surface area contributed by atoms with Crippen LogP contribution < -0.4 is 20.3 Å². The first-order valence-corrected chi connectivity index (χ1v) is 12.0. The van der Waals surface area contributed by atoms with E-state index >= 15 is 0 Å². The molecule has 0 bridgehead atoms. The minimum Gasteiger partial charge on any atom is -0.494 e. The molecule has 3 aliphatic rings. The van der Waals surface area contributed by atoms with E-state index in [1.807, 2.05) is 17.0 Å². The standard InChI is InChI=1S/C24H26Cl2FN5O2/c1-31-8-5-24(6-9-31)7-10-32(23(24)33)18-11-14-17(12-19(18)34-2)28-13-29-22(14)30-16-4-3-15(25)20(26)21(16)27/h3-4,11-12,28H,5-10,13H2,1-2H3,(H,29,30). The molecule has 180 valence electrons. The topological polar surface area (TPSA) is 69.2 Å². The van der Waals surface area contributed by atoms with Crippen molar-refractivity contribution in [3.05, 3.63) is 45.7 Å². The molecule has 2 aromatic carbocycles. The zero-order valence-corrected chi connectivity index (χ0v) is 20.6. The first-order valence-electron chi connectivity index (χ1n) is 11.2. The number of amides is 1. The Labute approximate surface area is 207 Å². The molecule has 1 amide bonds. The number of anilines is 3. The van der Waals surface area contributed by atoms with Crippen LogP contribution in [0, 0.1) is 11.2 Å². The molecule has 0 saturated carbocycles. The van der Waals surface area contributed by atoms with Crippen molar-refractivity contribution >= 4 is 52.0 Å². The highest BCUT2D eigenvalue weighted by atomic mass is 35.5. The molecule has 3 heterocycles. The third-order valence-corrected chi connectivity index (χ3v) is 7.90. The number of ether oxygens (including phenoxy) is 1. The fourth-order valence-corrected chi connectivity index (χ4v) is 5.30. The maximum Gasteiger partial charge on any atom is 0.233 e. The van der Waals surface area contributed by atoms with Gasteiger partial charge in [0.1, 0.15) is 18.3 Å². The number of likely N-dealkylation sites (tertiary alicyclic amines) is 1. The lowest BCUT2D eigenvalue weighted by Crippen LogP contribution is -2.43. The largest absolute Gasteiger partial charge is 0.494 e. The Bertz CT molecular complexity index is 1180. The van der Waals surface area contributed by atoms with Crippen LogP contribution in [0.2, 0.25) is 10.0 Å². The van der Waals surface area contributed by atoms with Crippen molar-refractivity contribution in [3.8, 4) is 5.75 Å². The van der Waals surface area contributed by atoms with Crippen LogP contribution in [0.15, 0.2) is 29.3 Å². The summed E-state index contributed by atoms with van der Waals surface area (Å²) < 4.78 is 20.4. The van der Waals surface area contributed by atoms with Gasteiger partial charge in [0.05, 0.1) is 39.6 Å². The number of nitrogens with zero attached hydrogens (tertiary/aromatic N) is 3. The maximum atomic E-state index is 14.7. The van der Waals surface area contributed by atoms with E-state index in [1.165, 1.54) is 12.1 Å². The predicted octanol–water partition coefficient (Wildman–Crippen LogP) is 4.83. The van der Waals surface area contributed by atoms with E-state index in [0.29, 0.717) is 36.0 Å². The molecule has 10 heteroatoms. The average molecular weight is 506 g/mol. The summed E-state index contributed by atoms with van der Waals surface area (Å²) in [5, 5.41) is 6.25. The molecule has 34 heavy (non-hydrogen) atoms. The number of rotatable bonds is 3. The van der Waals surface area contributed by atoms with Gasteiger partial charge in [0.25, 0.3) is 0 Å². The lowest BCUT2D eigenvalue weighted by Gasteiger charge is -2.36. The second-order valence-corrected chi connectivity index (χ2v) is 9.83. The molecule has 3 aliphatic heterocycles. The number of carbonyl (C=O) groups is 1. The maximum absolute atomic E-state index is 14.7. The highest BCUT2D eigenvalue weighted by Gasteiger charge is 2.48. The van der Waals surface area contributed by atoms with Crippen LogP contribution in [0.1, 0.15) is 24.8 Å². The number of halogens is 3. The number of piperidine rings is 1. The van der Waals surface area contributed by atoms with Gasteiger partial charge in [-0.1, -0.05) is 23.2 Å². The van der Waals surface area contributed by atoms with Gasteiger partial charge in [-0.2, -0.15) is 0 Å². The van der Waals surface area contributed by atoms with Gasteiger partial charge in [-0.15, -0.1) is 0 Å². The number of fused-ring (bicyclic) bond motifs is 1. The third kappa shape index (κ3) is 3.87. The van der Waals surface area contributed by atoms with E-state index < -0.39 is 5.82 Å². The molecule has 2 fully saturated rings. The number of aliphatic imine (C=N–C) groups is 1. The number of amidine groups is 1. The zero-order valence-electron chi connectivity index (χ0n) is 19.1. The summed E-state index contributed by atoms with van der Waals surface area (Å²) in [7, 11) is 3.69. The van der Waals surface area contributed by atoms with Crippen molar-refractivity contribution in [2.24, 2.45) is 10.4 Å². The Balaban J connectivity index is 1.49. The lowest BCUT2D eigenvalue weighted by molar-refractivity contribution is -0.127. The van der Waals surface area contributed by atoms with Crippen LogP contribution in [-0.2, 0) is 4.79 Å². The van der Waals surface area contributed by atoms with E-state index in [9.17, 15) is 9.18 Å². The smallest absolute Gasteiger partial charge is 0.233 e. The Morgan fingerprint density at radius 3 is 2.65 bits per heavy atom. The lowest BCUT2D eigenvalue weighted by atomic mass is 9.77. The van der Waals surface area contributed by atoms with E-state index in [0.717, 1.165) is 38.0 Å². The van der Waals surface area contributed by atoms with Gasteiger partial charge >= 0.3 is 0 Å². The summed E-state index contributed by atoms with van der Waals surface area (Å²) in [6, 6.07) is 6.79. The summed E-state index contributed by atoms with van der Waals surface area (Å²) in [4.78, 5) is 22.2. The fourth-order valence-electron chi connectivity index (χ4n) is 4.99. The van der Waals surface area contributed by atoms with Gasteiger partial charge in [0.15, 0.2) is 5.82 Å². The Kier molecular flexibility index (Phi) is 6.08. The molecule has 0 aliphatic carbocycles. The first kappa shape index (κ1) is 23.2. The molecule has 5 rings (SSSR count). The summed E-state index contributed by atoms with van der Waals surface area (Å²) in [6.45, 7) is 2.77. The number of hydrogen-bond donors (Lipinski definition) is 2. The molecule has 1 spiro atoms. The molecule has 0 aromatic heterocycles. The summed E-state index contributed by atoms with van der Waals surface area (Å²) in [5.74, 6) is 0.566. The van der Waals surface area contributed by atoms with Crippen LogP contribution in [0.25, 0.3) is 0 Å². The van der Waals surface area contributed by atoms with Gasteiger partial charge in [0.2, 0.25) is 5.91 Å². The van der Waals surface area contributed by atoms with Gasteiger partial charge in [0, 0.05) is 18.2 Å². The van der Waals surface area contributed by atoms with Crippen molar-refractivity contribution in [2.45, 2.75) is 19.3 Å². The second-order valence-electron chi connectivity index (χ2n) is 9.05. The Morgan fingerprint density at radius 1 is 1.18 bits per heavy atom. The molecular weight excluding hydrogens is 480 g/mol. The highest BCUT2D eigenvalue weighted by Crippen LogP contribution is 2.46. The van der Waals surface area contributed by atoms with Crippen LogP contribution in [0.3, 0.4) is 0 Å². The van der Waals surface area contributed by atoms with Crippen LogP contribution in [-0.4, -0.2) is 57.1 Å². The summed E-state index contributed by atoms with van der Waals surface area (Å²) in [6.07, 6.45) is 2.54. The highest BCUT2D eigenvalue weighted by molar-refractivity contribution is 6.42. The minimum absolute atomic E-state index is 0.139. The van der Waals surface area contributed by atoms with Crippen molar-refractivity contribution < 1.29 is 13.9 Å². The van der Waals surface area contributed by atoms with Crippen molar-refractivity contribution in [3.63, 3.8) is 0 Å². The normalized spacial score (nSPS) is 19.6. The van der Waals surface area contributed by atoms with Gasteiger partial charge in [-0.05, 0) is 57.6 Å². The number of benzene rings is 2. The number of carbonyl (C=O) groups excluding carboxylic acids is 1. The molecule has 2 aromatic rings. The van der Waals surface area contributed by atoms with Crippen LogP contribution >= 0.6 is 23.2 Å². The van der Waals surface area contributed by atoms with Gasteiger partial charge in [-0.25, -0.2) is 9.38 Å². The number of hydrogen-bond acceptors (Lipinski definition) is 6. The molecule has 0 unspecified atom stereocenters. The zero-order chi connectivity index (χ0) is 24.0. The Hall–Kier alpha value is -2.55. The van der Waals surface area contributed by atoms with Gasteiger partial charge in [-0.3, -0.25) is 4.79 Å². The molecular formula is C24H26Cl2FN5O2. The van der Waals surface area contributed by atoms with E-state index in [1.54, 1.807) is 7.11 Å². The van der Waals surface area contributed by atoms with Gasteiger partial charge < -0.3 is 25.2 Å². The minimum atomic E-state index is -0.649. The molecule has 7 nitrogen and oxygen atoms in total. The molecule has 0 radical (unpaired) electrons. The Morgan fingerprint density at radius 2 is 1.91 bits per heavy atom. The average Bonchev–Trinajstić information content (AvgIpc) is 3.16. The molecule has 2 N–H and O–H groups in total. The monoisotopic (exact) mass is 505 g/mol. The van der Waals surface area contributed by atoms with Crippen molar-refractivity contribution in [2.75, 3.05) is 56.0 Å². The molecule has 0 atom stereocenters. The molecule has 2 saturated heterocycles. The van der Waals surface area contributed by atoms with Crippen LogP contribution in [0.5, 0.6) is 5.75 Å². The summed E-state index contributed by atoms with van der Waals surface area (Å²) >= 11 is 11.9. The van der Waals surface area contributed by atoms with Crippen molar-refractivity contribution in [1.82, 2.24) is 4.90 Å². The van der Waals surface area contributed by atoms with E-state index in [2.05, 4.69) is 27.6 Å². The van der Waals surface area contributed by atoms with E-state index in [-0.39, 0.29) is 27.1 Å². The second kappa shape index (κ2) is 8.91. The number of nitrogens with one attached hydrogen (secondary N) is 2. The SMILES string of the molecule is COc1cc2c(cc1N1CCC3(CCN(C)CC3)C1=O)C(Nc1ccc(Cl)c(Cl)c1F)=NCN2. The quantitative estimate of drug-likeness (QED) is 0.584. The van der Waals surface area contributed by atoms with Crippen LogP contribution in [0.4, 0.5) is 21.5 Å². The predicted molar refractivity (Wildman–Crippen MR) is 134 cm³/mol. The number of methoxy groups -OCH3 is 1. The summed E-state index contributed by atoms with van der Waals surface area (Å²) in [5.41, 5.74) is 2.03. The fraction of sp³-hybridized carbons (Fsp3) is 0.417. The van der Waals surface area contributed by atoms with E-state index in [4.69, 9.17) is 27.9 Å².